The largest absolute Gasteiger partial charge is 0.494 e. The number of para-hydroxylation sites is 2. The minimum absolute atomic E-state index is 0.0885. The van der Waals surface area contributed by atoms with Crippen LogP contribution >= 0.6 is 0 Å². The number of fused-ring (bicyclic) bond motifs is 13. The Morgan fingerprint density at radius 3 is 2.46 bits per heavy atom. The summed E-state index contributed by atoms with van der Waals surface area (Å²) >= 11 is 0. The van der Waals surface area contributed by atoms with Gasteiger partial charge in [-0.15, -0.1) is 0 Å². The van der Waals surface area contributed by atoms with E-state index in [9.17, 15) is 5.11 Å². The molecule has 1 saturated heterocycles. The third-order valence-corrected chi connectivity index (χ3v) is 8.47. The highest BCUT2D eigenvalue weighted by Gasteiger charge is 2.52. The van der Waals surface area contributed by atoms with Crippen LogP contribution in [0.3, 0.4) is 0 Å². The Hall–Kier alpha value is -3.52. The molecule has 0 amide bonds. The number of rotatable bonds is 2. The molecule has 176 valence electrons. The summed E-state index contributed by atoms with van der Waals surface area (Å²) in [7, 11) is 3.77. The van der Waals surface area contributed by atoms with E-state index >= 15 is 0 Å². The van der Waals surface area contributed by atoms with Crippen molar-refractivity contribution in [3.8, 4) is 5.88 Å². The molecular formula is C28H26N4O3. The number of H-pyrrole nitrogens is 1. The van der Waals surface area contributed by atoms with Gasteiger partial charge in [0.1, 0.15) is 12.3 Å². The normalized spacial score (nSPS) is 26.1. The molecule has 5 heterocycles. The number of ether oxygens (including phenoxy) is 2. The number of aromatic amines is 1. The molecule has 8 rings (SSSR count). The fourth-order valence-corrected chi connectivity index (χ4v) is 7.20. The summed E-state index contributed by atoms with van der Waals surface area (Å²) in [5.41, 5.74) is 3.66. The van der Waals surface area contributed by atoms with Crippen molar-refractivity contribution in [1.82, 2.24) is 19.4 Å². The first-order valence-electron chi connectivity index (χ1n) is 12.1. The van der Waals surface area contributed by atoms with E-state index in [2.05, 4.69) is 74.9 Å². The van der Waals surface area contributed by atoms with Crippen LogP contribution in [0, 0.1) is 0 Å². The van der Waals surface area contributed by atoms with Crippen molar-refractivity contribution < 1.29 is 14.6 Å². The van der Waals surface area contributed by atoms with Crippen LogP contribution in [0.4, 0.5) is 0 Å². The Morgan fingerprint density at radius 1 is 1.00 bits per heavy atom. The van der Waals surface area contributed by atoms with Gasteiger partial charge in [0.25, 0.3) is 0 Å². The summed E-state index contributed by atoms with van der Waals surface area (Å²) in [5, 5.41) is 20.9. The van der Waals surface area contributed by atoms with Gasteiger partial charge in [-0.3, -0.25) is 0 Å². The van der Waals surface area contributed by atoms with Crippen molar-refractivity contribution in [2.75, 3.05) is 14.2 Å². The van der Waals surface area contributed by atoms with E-state index < -0.39 is 5.72 Å². The molecule has 0 saturated carbocycles. The van der Waals surface area contributed by atoms with Gasteiger partial charge >= 0.3 is 0 Å². The lowest BCUT2D eigenvalue weighted by Crippen LogP contribution is -2.59. The molecule has 7 nitrogen and oxygen atoms in total. The first-order chi connectivity index (χ1) is 17.1. The average Bonchev–Trinajstić information content (AvgIpc) is 3.51. The highest BCUT2D eigenvalue weighted by molar-refractivity contribution is 6.36. The lowest BCUT2D eigenvalue weighted by molar-refractivity contribution is -0.256. The maximum Gasteiger partial charge on any atom is 0.197 e. The number of nitrogens with one attached hydrogen (secondary N) is 2. The third-order valence-electron chi connectivity index (χ3n) is 8.47. The SMILES string of the molecule is CN[C@@H]1C[C@H]2O[C@@](C)([C@@H]1OC)n1c3ccccc3c3c4c[nH]c(O)c4c4c5ccccc5n2c4c31. The number of hydrogen-bond acceptors (Lipinski definition) is 4. The van der Waals surface area contributed by atoms with Crippen LogP contribution in [0.1, 0.15) is 19.6 Å². The topological polar surface area (TPSA) is 76.4 Å². The molecule has 1 fully saturated rings. The predicted octanol–water partition coefficient (Wildman–Crippen LogP) is 5.30. The summed E-state index contributed by atoms with van der Waals surface area (Å²) < 4.78 is 18.0. The Kier molecular flexibility index (Phi) is 3.60. The van der Waals surface area contributed by atoms with Crippen LogP contribution in [0.2, 0.25) is 0 Å². The van der Waals surface area contributed by atoms with Crippen LogP contribution in [0.5, 0.6) is 5.88 Å². The van der Waals surface area contributed by atoms with Gasteiger partial charge in [0.05, 0.1) is 27.5 Å². The van der Waals surface area contributed by atoms with E-state index in [0.717, 1.165) is 60.8 Å². The number of aromatic hydroxyl groups is 1. The monoisotopic (exact) mass is 466 g/mol. The molecular weight excluding hydrogens is 440 g/mol. The minimum atomic E-state index is -0.758. The second-order valence-corrected chi connectivity index (χ2v) is 10.0. The summed E-state index contributed by atoms with van der Waals surface area (Å²) in [6.07, 6.45) is 2.29. The molecule has 0 spiro atoms. The molecule has 2 bridgehead atoms. The zero-order valence-electron chi connectivity index (χ0n) is 19.8. The van der Waals surface area contributed by atoms with E-state index in [1.165, 1.54) is 0 Å². The smallest absolute Gasteiger partial charge is 0.197 e. The van der Waals surface area contributed by atoms with E-state index in [-0.39, 0.29) is 24.3 Å². The number of likely N-dealkylation sites (N-methyl/N-ethyl adjacent to an activating group) is 1. The molecule has 6 aromatic rings. The Balaban J connectivity index is 1.75. The Labute approximate surface area is 200 Å². The standard InChI is InChI=1S/C28H26N4O3/c1-28-26(34-3)17(29-2)12-20(35-28)31-18-10-6-4-8-14(18)22-23-16(13-30-27(23)33)21-15-9-5-7-11-19(15)32(28)25(21)24(22)31/h4-11,13,17,20,26,29-30,33H,12H2,1-3H3/t17-,20-,26-,28+/m1/s1. The van der Waals surface area contributed by atoms with Crippen molar-refractivity contribution in [1.29, 1.82) is 0 Å². The van der Waals surface area contributed by atoms with Gasteiger partial charge in [-0.1, -0.05) is 36.4 Å². The van der Waals surface area contributed by atoms with Crippen LogP contribution in [0.15, 0.2) is 54.7 Å². The predicted molar refractivity (Wildman–Crippen MR) is 138 cm³/mol. The fourth-order valence-electron chi connectivity index (χ4n) is 7.20. The molecule has 35 heavy (non-hydrogen) atoms. The Bertz CT molecular complexity index is 1840. The van der Waals surface area contributed by atoms with Gasteiger partial charge in [-0.05, 0) is 26.1 Å². The first-order valence-corrected chi connectivity index (χ1v) is 12.1. The maximum absolute atomic E-state index is 11.1. The number of nitrogens with zero attached hydrogens (tertiary/aromatic N) is 2. The van der Waals surface area contributed by atoms with Crippen LogP contribution in [-0.2, 0) is 15.2 Å². The summed E-state index contributed by atoms with van der Waals surface area (Å²) in [6.45, 7) is 2.16. The second kappa shape index (κ2) is 6.37. The summed E-state index contributed by atoms with van der Waals surface area (Å²) in [5.74, 6) is 0.198. The van der Waals surface area contributed by atoms with Gasteiger partial charge in [0.2, 0.25) is 0 Å². The minimum Gasteiger partial charge on any atom is -0.494 e. The molecule has 4 atom stereocenters. The molecule has 3 aromatic carbocycles. The molecule has 0 aliphatic carbocycles. The van der Waals surface area contributed by atoms with Crippen LogP contribution in [0.25, 0.3) is 54.4 Å². The molecule has 3 N–H and O–H groups in total. The summed E-state index contributed by atoms with van der Waals surface area (Å²) in [4.78, 5) is 3.11. The quantitative estimate of drug-likeness (QED) is 0.324. The first kappa shape index (κ1) is 19.8. The molecule has 0 radical (unpaired) electrons. The number of hydrogen-bond donors (Lipinski definition) is 3. The molecule has 7 heteroatoms. The lowest BCUT2D eigenvalue weighted by atomic mass is 9.93. The van der Waals surface area contributed by atoms with Crippen LogP contribution in [-0.4, -0.2) is 45.5 Å². The average molecular weight is 467 g/mol. The lowest BCUT2D eigenvalue weighted by Gasteiger charge is -2.48. The van der Waals surface area contributed by atoms with Crippen molar-refractivity contribution >= 4 is 54.4 Å². The molecule has 2 aliphatic rings. The Morgan fingerprint density at radius 2 is 1.71 bits per heavy atom. The molecule has 2 aliphatic heterocycles. The number of aromatic nitrogens is 3. The van der Waals surface area contributed by atoms with Gasteiger partial charge in [-0.2, -0.15) is 0 Å². The van der Waals surface area contributed by atoms with Crippen LogP contribution < -0.4 is 5.32 Å². The van der Waals surface area contributed by atoms with Gasteiger partial charge in [0, 0.05) is 52.7 Å². The highest BCUT2D eigenvalue weighted by Crippen LogP contribution is 2.54. The van der Waals surface area contributed by atoms with Crippen molar-refractivity contribution in [3.63, 3.8) is 0 Å². The van der Waals surface area contributed by atoms with Crippen molar-refractivity contribution in [3.05, 3.63) is 54.7 Å². The van der Waals surface area contributed by atoms with E-state index in [1.807, 2.05) is 13.2 Å². The van der Waals surface area contributed by atoms with Gasteiger partial charge < -0.3 is 34.0 Å². The molecule has 0 unspecified atom stereocenters. The highest BCUT2D eigenvalue weighted by atomic mass is 16.6. The maximum atomic E-state index is 11.1. The number of benzene rings is 3. The number of methoxy groups -OCH3 is 1. The van der Waals surface area contributed by atoms with E-state index in [4.69, 9.17) is 9.47 Å². The van der Waals surface area contributed by atoms with Crippen molar-refractivity contribution in [2.24, 2.45) is 0 Å². The van der Waals surface area contributed by atoms with E-state index in [1.54, 1.807) is 7.11 Å². The van der Waals surface area contributed by atoms with Gasteiger partial charge in [-0.25, -0.2) is 0 Å². The third kappa shape index (κ3) is 2.10. The zero-order chi connectivity index (χ0) is 23.6. The fraction of sp³-hybridized carbons (Fsp3) is 0.286. The summed E-state index contributed by atoms with van der Waals surface area (Å²) in [6, 6.07) is 17.0. The molecule has 3 aromatic heterocycles. The zero-order valence-corrected chi connectivity index (χ0v) is 19.8. The van der Waals surface area contributed by atoms with E-state index in [0.29, 0.717) is 0 Å². The van der Waals surface area contributed by atoms with Crippen molar-refractivity contribution in [2.45, 2.75) is 37.4 Å². The second-order valence-electron chi connectivity index (χ2n) is 10.0. The van der Waals surface area contributed by atoms with Gasteiger partial charge in [0.15, 0.2) is 11.6 Å².